The van der Waals surface area contributed by atoms with Crippen molar-refractivity contribution in [2.75, 3.05) is 13.1 Å². The summed E-state index contributed by atoms with van der Waals surface area (Å²) in [5.74, 6) is -0.280. The number of benzene rings is 1. The molecule has 0 aliphatic carbocycles. The Morgan fingerprint density at radius 2 is 1.83 bits per heavy atom. The first-order valence-corrected chi connectivity index (χ1v) is 12.5. The standard InChI is InChI=1S/C21H28N2O4S2/c1-2-20-22-18(16-28-20)15-27-21(24)12-9-17-7-10-19(11-8-17)29(25,26)23-13-5-3-4-6-14-23/h7-8,10-11,16H,2-6,9,12-15H2,1H3. The highest BCUT2D eigenvalue weighted by molar-refractivity contribution is 7.89. The Kier molecular flexibility index (Phi) is 7.80. The number of thiazole rings is 1. The summed E-state index contributed by atoms with van der Waals surface area (Å²) in [6.07, 6.45) is 5.65. The summed E-state index contributed by atoms with van der Waals surface area (Å²) in [4.78, 5) is 16.7. The molecule has 1 aliphatic heterocycles. The van der Waals surface area contributed by atoms with Crippen molar-refractivity contribution in [1.82, 2.24) is 9.29 Å². The Labute approximate surface area is 177 Å². The highest BCUT2D eigenvalue weighted by Crippen LogP contribution is 2.21. The molecule has 29 heavy (non-hydrogen) atoms. The van der Waals surface area contributed by atoms with Gasteiger partial charge in [-0.15, -0.1) is 11.3 Å². The summed E-state index contributed by atoms with van der Waals surface area (Å²) < 4.78 is 32.5. The van der Waals surface area contributed by atoms with Crippen molar-refractivity contribution >= 4 is 27.3 Å². The first-order chi connectivity index (χ1) is 14.0. The molecule has 6 nitrogen and oxygen atoms in total. The van der Waals surface area contributed by atoms with E-state index in [1.165, 1.54) is 0 Å². The smallest absolute Gasteiger partial charge is 0.306 e. The lowest BCUT2D eigenvalue weighted by molar-refractivity contribution is -0.145. The molecule has 0 radical (unpaired) electrons. The zero-order chi connectivity index (χ0) is 20.7. The molecule has 0 N–H and O–H groups in total. The highest BCUT2D eigenvalue weighted by atomic mass is 32.2. The SMILES string of the molecule is CCc1nc(COC(=O)CCc2ccc(S(=O)(=O)N3CCCCCC3)cc2)cs1. The van der Waals surface area contributed by atoms with Gasteiger partial charge >= 0.3 is 5.97 Å². The van der Waals surface area contributed by atoms with Gasteiger partial charge in [0.1, 0.15) is 6.61 Å². The zero-order valence-electron chi connectivity index (χ0n) is 16.8. The first kappa shape index (κ1) is 21.9. The molecule has 1 fully saturated rings. The van der Waals surface area contributed by atoms with Gasteiger partial charge in [-0.25, -0.2) is 13.4 Å². The Bertz CT molecular complexity index is 899. The number of rotatable bonds is 8. The van der Waals surface area contributed by atoms with E-state index in [4.69, 9.17) is 4.74 Å². The second-order valence-electron chi connectivity index (χ2n) is 7.21. The molecule has 1 aromatic heterocycles. The third-order valence-corrected chi connectivity index (χ3v) is 7.98. The molecule has 0 unspecified atom stereocenters. The number of ether oxygens (including phenoxy) is 1. The zero-order valence-corrected chi connectivity index (χ0v) is 18.4. The molecule has 1 saturated heterocycles. The monoisotopic (exact) mass is 436 g/mol. The quantitative estimate of drug-likeness (QED) is 0.586. The van der Waals surface area contributed by atoms with Crippen LogP contribution in [0.25, 0.3) is 0 Å². The van der Waals surface area contributed by atoms with E-state index in [0.29, 0.717) is 24.4 Å². The Hall–Kier alpha value is -1.77. The van der Waals surface area contributed by atoms with Gasteiger partial charge in [-0.05, 0) is 43.4 Å². The summed E-state index contributed by atoms with van der Waals surface area (Å²) in [5, 5.41) is 2.95. The van der Waals surface area contributed by atoms with Crippen LogP contribution >= 0.6 is 11.3 Å². The van der Waals surface area contributed by atoms with Crippen molar-refractivity contribution in [3.63, 3.8) is 0 Å². The minimum absolute atomic E-state index is 0.197. The van der Waals surface area contributed by atoms with Crippen LogP contribution in [-0.2, 0) is 39.0 Å². The Balaban J connectivity index is 1.50. The summed E-state index contributed by atoms with van der Waals surface area (Å²) in [6.45, 7) is 3.42. The largest absolute Gasteiger partial charge is 0.459 e. The molecule has 3 rings (SSSR count). The van der Waals surface area contributed by atoms with Crippen molar-refractivity contribution in [2.24, 2.45) is 0 Å². The summed E-state index contributed by atoms with van der Waals surface area (Å²) >= 11 is 1.57. The van der Waals surface area contributed by atoms with Crippen molar-refractivity contribution in [2.45, 2.75) is 63.4 Å². The third kappa shape index (κ3) is 6.10. The minimum Gasteiger partial charge on any atom is -0.459 e. The second kappa shape index (κ2) is 10.3. The number of sulfonamides is 1. The molecular weight excluding hydrogens is 408 g/mol. The van der Waals surface area contributed by atoms with Crippen LogP contribution in [0.15, 0.2) is 34.5 Å². The van der Waals surface area contributed by atoms with E-state index in [0.717, 1.165) is 48.4 Å². The van der Waals surface area contributed by atoms with Gasteiger partial charge in [-0.3, -0.25) is 4.79 Å². The number of nitrogens with zero attached hydrogens (tertiary/aromatic N) is 2. The maximum Gasteiger partial charge on any atom is 0.306 e. The summed E-state index contributed by atoms with van der Waals surface area (Å²) in [7, 11) is -3.44. The Morgan fingerprint density at radius 1 is 1.14 bits per heavy atom. The third-order valence-electron chi connectivity index (χ3n) is 5.03. The van der Waals surface area contributed by atoms with Crippen LogP contribution in [0.4, 0.5) is 0 Å². The lowest BCUT2D eigenvalue weighted by atomic mass is 10.1. The van der Waals surface area contributed by atoms with Crippen LogP contribution in [0, 0.1) is 0 Å². The number of carbonyl (C=O) groups is 1. The fourth-order valence-electron chi connectivity index (χ4n) is 3.31. The average molecular weight is 437 g/mol. The van der Waals surface area contributed by atoms with Gasteiger partial charge in [0, 0.05) is 24.9 Å². The number of esters is 1. The normalized spacial score (nSPS) is 15.8. The number of hydrogen-bond acceptors (Lipinski definition) is 6. The van der Waals surface area contributed by atoms with Crippen LogP contribution in [0.1, 0.15) is 55.3 Å². The van der Waals surface area contributed by atoms with Crippen molar-refractivity contribution in [3.8, 4) is 0 Å². The summed E-state index contributed by atoms with van der Waals surface area (Å²) in [5.41, 5.74) is 1.70. The van der Waals surface area contributed by atoms with Crippen LogP contribution in [0.2, 0.25) is 0 Å². The van der Waals surface area contributed by atoms with Crippen LogP contribution in [0.5, 0.6) is 0 Å². The fraction of sp³-hybridized carbons (Fsp3) is 0.524. The van der Waals surface area contributed by atoms with Gasteiger partial charge in [-0.1, -0.05) is 31.9 Å². The molecule has 1 aromatic carbocycles. The van der Waals surface area contributed by atoms with E-state index in [2.05, 4.69) is 4.98 Å². The van der Waals surface area contributed by atoms with Crippen LogP contribution in [-0.4, -0.2) is 36.8 Å². The number of carbonyl (C=O) groups excluding carboxylic acids is 1. The van der Waals surface area contributed by atoms with E-state index in [1.54, 1.807) is 39.9 Å². The van der Waals surface area contributed by atoms with Gasteiger partial charge in [0.15, 0.2) is 0 Å². The molecule has 0 spiro atoms. The van der Waals surface area contributed by atoms with E-state index < -0.39 is 10.0 Å². The molecular formula is C21H28N2O4S2. The number of aromatic nitrogens is 1. The first-order valence-electron chi connectivity index (χ1n) is 10.2. The van der Waals surface area contributed by atoms with E-state index in [9.17, 15) is 13.2 Å². The molecule has 158 valence electrons. The fourth-order valence-corrected chi connectivity index (χ4v) is 5.56. The van der Waals surface area contributed by atoms with Crippen molar-refractivity contribution in [3.05, 3.63) is 45.9 Å². The number of hydrogen-bond donors (Lipinski definition) is 0. The predicted octanol–water partition coefficient (Wildman–Crippen LogP) is 3.95. The maximum absolute atomic E-state index is 12.8. The molecule has 0 atom stereocenters. The van der Waals surface area contributed by atoms with Gasteiger partial charge in [0.05, 0.1) is 15.6 Å². The van der Waals surface area contributed by atoms with E-state index >= 15 is 0 Å². The highest BCUT2D eigenvalue weighted by Gasteiger charge is 2.24. The molecule has 8 heteroatoms. The number of aryl methyl sites for hydroxylation is 2. The molecule has 0 amide bonds. The lowest BCUT2D eigenvalue weighted by Crippen LogP contribution is -2.31. The van der Waals surface area contributed by atoms with E-state index in [-0.39, 0.29) is 19.0 Å². The topological polar surface area (TPSA) is 76.6 Å². The van der Waals surface area contributed by atoms with Gasteiger partial charge in [0.25, 0.3) is 0 Å². The average Bonchev–Trinajstić information content (AvgIpc) is 3.01. The molecule has 2 aromatic rings. The lowest BCUT2D eigenvalue weighted by Gasteiger charge is -2.20. The van der Waals surface area contributed by atoms with Crippen molar-refractivity contribution < 1.29 is 17.9 Å². The maximum atomic E-state index is 12.8. The van der Waals surface area contributed by atoms with Gasteiger partial charge in [-0.2, -0.15) is 4.31 Å². The minimum atomic E-state index is -3.44. The molecule has 0 saturated carbocycles. The van der Waals surface area contributed by atoms with Crippen LogP contribution < -0.4 is 0 Å². The van der Waals surface area contributed by atoms with Crippen molar-refractivity contribution in [1.29, 1.82) is 0 Å². The molecule has 2 heterocycles. The van der Waals surface area contributed by atoms with Gasteiger partial charge in [0.2, 0.25) is 10.0 Å². The van der Waals surface area contributed by atoms with Crippen LogP contribution in [0.3, 0.4) is 0 Å². The second-order valence-corrected chi connectivity index (χ2v) is 10.1. The predicted molar refractivity (Wildman–Crippen MR) is 113 cm³/mol. The van der Waals surface area contributed by atoms with E-state index in [1.807, 2.05) is 12.3 Å². The summed E-state index contributed by atoms with van der Waals surface area (Å²) in [6, 6.07) is 6.85. The van der Waals surface area contributed by atoms with Gasteiger partial charge < -0.3 is 4.74 Å². The molecule has 1 aliphatic rings. The molecule has 0 bridgehead atoms. The Morgan fingerprint density at radius 3 is 2.45 bits per heavy atom.